The van der Waals surface area contributed by atoms with E-state index in [1.54, 1.807) is 0 Å². The molecule has 0 heterocycles. The van der Waals surface area contributed by atoms with E-state index in [2.05, 4.69) is 10.0 Å². The Morgan fingerprint density at radius 2 is 1.70 bits per heavy atom. The zero-order valence-corrected chi connectivity index (χ0v) is 16.3. The highest BCUT2D eigenvalue weighted by molar-refractivity contribution is 7.89. The van der Waals surface area contributed by atoms with Crippen LogP contribution in [-0.4, -0.2) is 26.4 Å². The van der Waals surface area contributed by atoms with E-state index in [1.165, 1.54) is 18.2 Å². The fourth-order valence-electron chi connectivity index (χ4n) is 2.80. The van der Waals surface area contributed by atoms with Crippen molar-refractivity contribution >= 4 is 15.9 Å². The molecule has 0 spiro atoms. The zero-order valence-electron chi connectivity index (χ0n) is 15.5. The summed E-state index contributed by atoms with van der Waals surface area (Å²) in [4.78, 5) is 12.2. The molecule has 27 heavy (non-hydrogen) atoms. The van der Waals surface area contributed by atoms with Crippen LogP contribution in [0.15, 0.2) is 59.5 Å². The molecule has 0 aliphatic heterocycles. The van der Waals surface area contributed by atoms with Crippen molar-refractivity contribution in [3.63, 3.8) is 0 Å². The number of amides is 1. The highest BCUT2D eigenvalue weighted by atomic mass is 32.2. The lowest BCUT2D eigenvalue weighted by Gasteiger charge is -2.21. The number of nitrogens with one attached hydrogen (secondary N) is 2. The molecule has 7 heteroatoms. The van der Waals surface area contributed by atoms with E-state index in [0.29, 0.717) is 0 Å². The summed E-state index contributed by atoms with van der Waals surface area (Å²) in [6, 6.07) is 13.1. The Morgan fingerprint density at radius 1 is 1.07 bits per heavy atom. The summed E-state index contributed by atoms with van der Waals surface area (Å²) in [6.07, 6.45) is 1.84. The van der Waals surface area contributed by atoms with Crippen LogP contribution >= 0.6 is 0 Å². The minimum absolute atomic E-state index is 0.0845. The van der Waals surface area contributed by atoms with Crippen molar-refractivity contribution in [3.8, 4) is 0 Å². The van der Waals surface area contributed by atoms with Crippen LogP contribution in [0.3, 0.4) is 0 Å². The summed E-state index contributed by atoms with van der Waals surface area (Å²) >= 11 is 0. The SMILES string of the molecule is CCC[C@@H](C)NC(=O)[C@H](Cc1ccccc1)NS(=O)(=O)c1ccccc1F. The predicted molar refractivity (Wildman–Crippen MR) is 103 cm³/mol. The maximum atomic E-state index is 14.0. The molecule has 0 bridgehead atoms. The molecule has 1 amide bonds. The summed E-state index contributed by atoms with van der Waals surface area (Å²) in [5.41, 5.74) is 0.803. The summed E-state index contributed by atoms with van der Waals surface area (Å²) in [6.45, 7) is 3.87. The zero-order chi connectivity index (χ0) is 19.9. The highest BCUT2D eigenvalue weighted by Gasteiger charge is 2.28. The number of rotatable bonds is 9. The Hall–Kier alpha value is -2.25. The first-order chi connectivity index (χ1) is 12.8. The van der Waals surface area contributed by atoms with Crippen LogP contribution in [0.1, 0.15) is 32.3 Å². The van der Waals surface area contributed by atoms with Gasteiger partial charge in [-0.25, -0.2) is 12.8 Å². The quantitative estimate of drug-likeness (QED) is 0.689. The van der Waals surface area contributed by atoms with E-state index in [9.17, 15) is 17.6 Å². The van der Waals surface area contributed by atoms with Gasteiger partial charge in [0.05, 0.1) is 0 Å². The van der Waals surface area contributed by atoms with Crippen LogP contribution < -0.4 is 10.0 Å². The first-order valence-corrected chi connectivity index (χ1v) is 10.4. The monoisotopic (exact) mass is 392 g/mol. The van der Waals surface area contributed by atoms with Crippen LogP contribution in [0.4, 0.5) is 4.39 Å². The van der Waals surface area contributed by atoms with E-state index in [4.69, 9.17) is 0 Å². The minimum Gasteiger partial charge on any atom is -0.352 e. The normalized spacial score (nSPS) is 13.7. The lowest BCUT2D eigenvalue weighted by Crippen LogP contribution is -2.50. The molecule has 5 nitrogen and oxygen atoms in total. The van der Waals surface area contributed by atoms with Gasteiger partial charge in [0.15, 0.2) is 0 Å². The molecule has 2 N–H and O–H groups in total. The van der Waals surface area contributed by atoms with Crippen molar-refractivity contribution in [3.05, 3.63) is 66.0 Å². The predicted octanol–water partition coefficient (Wildman–Crippen LogP) is 3.02. The Balaban J connectivity index is 2.26. The third-order valence-corrected chi connectivity index (χ3v) is 5.64. The van der Waals surface area contributed by atoms with Gasteiger partial charge in [-0.15, -0.1) is 0 Å². The standard InChI is InChI=1S/C20H25FN2O3S/c1-3-9-15(2)22-20(24)18(14-16-10-5-4-6-11-16)23-27(25,26)19-13-8-7-12-17(19)21/h4-8,10-13,15,18,23H,3,9,14H2,1-2H3,(H,22,24)/t15-,18+/m1/s1. The smallest absolute Gasteiger partial charge is 0.244 e. The lowest BCUT2D eigenvalue weighted by molar-refractivity contribution is -0.123. The van der Waals surface area contributed by atoms with E-state index in [-0.39, 0.29) is 12.5 Å². The fourth-order valence-corrected chi connectivity index (χ4v) is 4.07. The molecule has 0 radical (unpaired) electrons. The van der Waals surface area contributed by atoms with Crippen molar-refractivity contribution in [2.45, 2.75) is 50.1 Å². The molecule has 146 valence electrons. The Labute approximate surface area is 160 Å². The van der Waals surface area contributed by atoms with E-state index in [0.717, 1.165) is 24.5 Å². The number of carbonyl (C=O) groups is 1. The molecular formula is C20H25FN2O3S. The molecule has 0 unspecified atom stereocenters. The summed E-state index contributed by atoms with van der Waals surface area (Å²) in [5.74, 6) is -1.29. The Morgan fingerprint density at radius 3 is 2.33 bits per heavy atom. The molecule has 0 aromatic heterocycles. The summed E-state index contributed by atoms with van der Waals surface area (Å²) in [5, 5.41) is 2.83. The van der Waals surface area contributed by atoms with Gasteiger partial charge in [-0.1, -0.05) is 55.8 Å². The van der Waals surface area contributed by atoms with Gasteiger partial charge < -0.3 is 5.32 Å². The van der Waals surface area contributed by atoms with Gasteiger partial charge >= 0.3 is 0 Å². The second-order valence-corrected chi connectivity index (χ2v) is 8.17. The van der Waals surface area contributed by atoms with Crippen LogP contribution in [0, 0.1) is 5.82 Å². The van der Waals surface area contributed by atoms with Crippen molar-refractivity contribution in [2.24, 2.45) is 0 Å². The molecule has 0 fully saturated rings. The molecule has 2 atom stereocenters. The van der Waals surface area contributed by atoms with Crippen molar-refractivity contribution in [2.75, 3.05) is 0 Å². The van der Waals surface area contributed by atoms with Gasteiger partial charge in [-0.2, -0.15) is 4.72 Å². The minimum atomic E-state index is -4.19. The second kappa shape index (κ2) is 9.62. The van der Waals surface area contributed by atoms with Crippen molar-refractivity contribution in [1.82, 2.24) is 10.0 Å². The molecule has 2 aromatic rings. The fraction of sp³-hybridized carbons (Fsp3) is 0.350. The van der Waals surface area contributed by atoms with E-state index < -0.39 is 32.7 Å². The first-order valence-electron chi connectivity index (χ1n) is 8.94. The number of halogens is 1. The largest absolute Gasteiger partial charge is 0.352 e. The summed E-state index contributed by atoms with van der Waals surface area (Å²) in [7, 11) is -4.19. The van der Waals surface area contributed by atoms with Gasteiger partial charge in [-0.3, -0.25) is 4.79 Å². The average molecular weight is 392 g/mol. The van der Waals surface area contributed by atoms with E-state index in [1.807, 2.05) is 44.2 Å². The maximum absolute atomic E-state index is 14.0. The number of sulfonamides is 1. The average Bonchev–Trinajstić information content (AvgIpc) is 2.62. The molecule has 0 aliphatic carbocycles. The third-order valence-electron chi connectivity index (χ3n) is 4.13. The van der Waals surface area contributed by atoms with Crippen LogP contribution in [0.5, 0.6) is 0 Å². The molecule has 2 rings (SSSR count). The molecule has 0 saturated heterocycles. The number of hydrogen-bond donors (Lipinski definition) is 2. The topological polar surface area (TPSA) is 75.3 Å². The molecular weight excluding hydrogens is 367 g/mol. The summed E-state index contributed by atoms with van der Waals surface area (Å²) < 4.78 is 41.6. The number of hydrogen-bond acceptors (Lipinski definition) is 3. The van der Waals surface area contributed by atoms with Gasteiger partial charge in [-0.05, 0) is 37.5 Å². The molecule has 0 saturated carbocycles. The van der Waals surface area contributed by atoms with Gasteiger partial charge in [0.1, 0.15) is 16.8 Å². The second-order valence-electron chi connectivity index (χ2n) is 6.49. The molecule has 0 aliphatic rings. The Kier molecular flexibility index (Phi) is 7.50. The van der Waals surface area contributed by atoms with Crippen LogP contribution in [-0.2, 0) is 21.2 Å². The van der Waals surface area contributed by atoms with Gasteiger partial charge in [0.25, 0.3) is 0 Å². The molecule has 2 aromatic carbocycles. The van der Waals surface area contributed by atoms with Gasteiger partial charge in [0, 0.05) is 6.04 Å². The third kappa shape index (κ3) is 6.15. The van der Waals surface area contributed by atoms with E-state index >= 15 is 0 Å². The number of carbonyl (C=O) groups excluding carboxylic acids is 1. The van der Waals surface area contributed by atoms with Crippen molar-refractivity contribution < 1.29 is 17.6 Å². The first kappa shape index (κ1) is 21.1. The van der Waals surface area contributed by atoms with Gasteiger partial charge in [0.2, 0.25) is 15.9 Å². The van der Waals surface area contributed by atoms with Crippen molar-refractivity contribution in [1.29, 1.82) is 0 Å². The highest BCUT2D eigenvalue weighted by Crippen LogP contribution is 2.15. The number of benzene rings is 2. The lowest BCUT2D eigenvalue weighted by atomic mass is 10.1. The van der Waals surface area contributed by atoms with Crippen LogP contribution in [0.2, 0.25) is 0 Å². The maximum Gasteiger partial charge on any atom is 0.244 e. The Bertz CT molecular complexity index is 857. The van der Waals surface area contributed by atoms with Crippen LogP contribution in [0.25, 0.3) is 0 Å².